The predicted molar refractivity (Wildman–Crippen MR) is 76.4 cm³/mol. The lowest BCUT2D eigenvalue weighted by atomic mass is 10.2. The van der Waals surface area contributed by atoms with Crippen LogP contribution in [0.15, 0.2) is 12.3 Å². The number of aromatic nitrogens is 1. The number of nitrogens with one attached hydrogen (secondary N) is 2. The van der Waals surface area contributed by atoms with Crippen molar-refractivity contribution in [3.05, 3.63) is 17.8 Å². The molecule has 4 N–H and O–H groups in total. The summed E-state index contributed by atoms with van der Waals surface area (Å²) < 4.78 is 4.89. The van der Waals surface area contributed by atoms with Gasteiger partial charge in [-0.15, -0.1) is 0 Å². The van der Waals surface area contributed by atoms with Gasteiger partial charge < -0.3 is 21.1 Å². The van der Waals surface area contributed by atoms with Gasteiger partial charge in [-0.05, 0) is 19.4 Å². The van der Waals surface area contributed by atoms with Crippen LogP contribution in [0.5, 0.6) is 0 Å². The summed E-state index contributed by atoms with van der Waals surface area (Å²) in [6.45, 7) is 4.67. The van der Waals surface area contributed by atoms with Gasteiger partial charge in [0.15, 0.2) is 0 Å². The molecule has 20 heavy (non-hydrogen) atoms. The van der Waals surface area contributed by atoms with Gasteiger partial charge >= 0.3 is 5.97 Å². The van der Waals surface area contributed by atoms with E-state index in [4.69, 9.17) is 10.5 Å². The maximum absolute atomic E-state index is 11.7. The number of amides is 1. The van der Waals surface area contributed by atoms with E-state index >= 15 is 0 Å². The summed E-state index contributed by atoms with van der Waals surface area (Å²) >= 11 is 0. The largest absolute Gasteiger partial charge is 0.462 e. The maximum atomic E-state index is 11.7. The molecule has 0 aromatic carbocycles. The lowest BCUT2D eigenvalue weighted by molar-refractivity contribution is -0.119. The third-order valence-corrected chi connectivity index (χ3v) is 2.43. The molecule has 0 saturated heterocycles. The van der Waals surface area contributed by atoms with Crippen molar-refractivity contribution in [1.29, 1.82) is 0 Å². The summed E-state index contributed by atoms with van der Waals surface area (Å²) in [7, 11) is 0. The fourth-order valence-electron chi connectivity index (χ4n) is 1.45. The average Bonchev–Trinajstić information content (AvgIpc) is 2.44. The highest BCUT2D eigenvalue weighted by Gasteiger charge is 2.12. The monoisotopic (exact) mass is 280 g/mol. The molecule has 1 aromatic heterocycles. The fourth-order valence-corrected chi connectivity index (χ4v) is 1.45. The van der Waals surface area contributed by atoms with Gasteiger partial charge in [0.1, 0.15) is 5.82 Å². The Bertz CT molecular complexity index is 477. The number of esters is 1. The smallest absolute Gasteiger partial charge is 0.340 e. The molecule has 0 fully saturated rings. The maximum Gasteiger partial charge on any atom is 0.340 e. The molecule has 7 nitrogen and oxygen atoms in total. The van der Waals surface area contributed by atoms with Crippen molar-refractivity contribution >= 4 is 23.4 Å². The Balaban J connectivity index is 2.65. The number of anilines is 2. The molecule has 0 atom stereocenters. The van der Waals surface area contributed by atoms with Crippen LogP contribution in [0.3, 0.4) is 0 Å². The number of pyridine rings is 1. The van der Waals surface area contributed by atoms with E-state index in [-0.39, 0.29) is 30.3 Å². The molecule has 0 spiro atoms. The van der Waals surface area contributed by atoms with Gasteiger partial charge in [0.2, 0.25) is 5.91 Å². The molecule has 1 aromatic rings. The van der Waals surface area contributed by atoms with E-state index in [0.717, 1.165) is 6.42 Å². The zero-order valence-corrected chi connectivity index (χ0v) is 11.7. The number of nitrogen functional groups attached to an aromatic ring is 1. The molecular formula is C13H20N4O3. The highest BCUT2D eigenvalue weighted by molar-refractivity contribution is 5.95. The molecular weight excluding hydrogens is 260 g/mol. The van der Waals surface area contributed by atoms with Crippen molar-refractivity contribution in [1.82, 2.24) is 10.3 Å². The molecule has 1 heterocycles. The van der Waals surface area contributed by atoms with Crippen LogP contribution in [-0.4, -0.2) is 36.6 Å². The minimum absolute atomic E-state index is 0.0825. The van der Waals surface area contributed by atoms with E-state index in [1.807, 2.05) is 6.92 Å². The van der Waals surface area contributed by atoms with Gasteiger partial charge in [-0.1, -0.05) is 6.92 Å². The highest BCUT2D eigenvalue weighted by Crippen LogP contribution is 2.15. The van der Waals surface area contributed by atoms with Gasteiger partial charge in [-0.25, -0.2) is 9.78 Å². The first kappa shape index (κ1) is 15.7. The third-order valence-electron chi connectivity index (χ3n) is 2.43. The van der Waals surface area contributed by atoms with Gasteiger partial charge in [0.25, 0.3) is 0 Å². The number of rotatable bonds is 7. The highest BCUT2D eigenvalue weighted by atomic mass is 16.5. The quantitative estimate of drug-likeness (QED) is 0.637. The topological polar surface area (TPSA) is 106 Å². The summed E-state index contributed by atoms with van der Waals surface area (Å²) in [5, 5.41) is 5.56. The van der Waals surface area contributed by atoms with E-state index in [1.165, 1.54) is 12.3 Å². The summed E-state index contributed by atoms with van der Waals surface area (Å²) in [4.78, 5) is 27.1. The first-order chi connectivity index (χ1) is 9.58. The Morgan fingerprint density at radius 3 is 2.80 bits per heavy atom. The van der Waals surface area contributed by atoms with Gasteiger partial charge in [0, 0.05) is 6.54 Å². The second-order valence-corrected chi connectivity index (χ2v) is 4.08. The third kappa shape index (κ3) is 4.75. The Labute approximate surface area is 117 Å². The number of ether oxygens (including phenoxy) is 1. The van der Waals surface area contributed by atoms with E-state index < -0.39 is 5.97 Å². The Morgan fingerprint density at radius 1 is 1.40 bits per heavy atom. The van der Waals surface area contributed by atoms with Crippen LogP contribution in [0.1, 0.15) is 30.6 Å². The number of carbonyl (C=O) groups excluding carboxylic acids is 2. The lowest BCUT2D eigenvalue weighted by Gasteiger charge is -2.09. The molecule has 1 rings (SSSR count). The van der Waals surface area contributed by atoms with E-state index in [1.54, 1.807) is 6.92 Å². The Morgan fingerprint density at radius 2 is 2.15 bits per heavy atom. The molecule has 0 saturated carbocycles. The SMILES string of the molecule is CCCNC(=O)CNc1cc(C(=O)OCC)c(N)cn1. The van der Waals surface area contributed by atoms with E-state index in [9.17, 15) is 9.59 Å². The van der Waals surface area contributed by atoms with Gasteiger partial charge in [0.05, 0.1) is 30.6 Å². The number of hydrogen-bond donors (Lipinski definition) is 3. The van der Waals surface area contributed by atoms with Crippen molar-refractivity contribution in [2.45, 2.75) is 20.3 Å². The molecule has 0 bridgehead atoms. The molecule has 0 unspecified atom stereocenters. The first-order valence-electron chi connectivity index (χ1n) is 6.51. The summed E-state index contributed by atoms with van der Waals surface area (Å²) in [6.07, 6.45) is 2.23. The first-order valence-corrected chi connectivity index (χ1v) is 6.51. The van der Waals surface area contributed by atoms with Gasteiger partial charge in [-0.3, -0.25) is 4.79 Å². The van der Waals surface area contributed by atoms with Crippen LogP contribution >= 0.6 is 0 Å². The van der Waals surface area contributed by atoms with Crippen molar-refractivity contribution in [3.8, 4) is 0 Å². The van der Waals surface area contributed by atoms with E-state index in [0.29, 0.717) is 12.4 Å². The van der Waals surface area contributed by atoms with E-state index in [2.05, 4.69) is 15.6 Å². The molecule has 0 aliphatic heterocycles. The standard InChI is InChI=1S/C13H20N4O3/c1-3-5-15-12(18)8-17-11-6-9(10(14)7-16-11)13(19)20-4-2/h6-7H,3-5,8,14H2,1-2H3,(H,15,18)(H,16,17). The Hall–Kier alpha value is -2.31. The molecule has 110 valence electrons. The Kier molecular flexibility index (Phi) is 6.28. The number of nitrogens with two attached hydrogens (primary N) is 1. The second-order valence-electron chi connectivity index (χ2n) is 4.08. The minimum Gasteiger partial charge on any atom is -0.462 e. The fraction of sp³-hybridized carbons (Fsp3) is 0.462. The lowest BCUT2D eigenvalue weighted by Crippen LogP contribution is -2.30. The van der Waals surface area contributed by atoms with Crippen LogP contribution in [0.25, 0.3) is 0 Å². The summed E-state index contributed by atoms with van der Waals surface area (Å²) in [5.41, 5.74) is 6.15. The van der Waals surface area contributed by atoms with Crippen molar-refractivity contribution < 1.29 is 14.3 Å². The van der Waals surface area contributed by atoms with Gasteiger partial charge in [-0.2, -0.15) is 0 Å². The molecule has 0 aliphatic carbocycles. The van der Waals surface area contributed by atoms with Crippen LogP contribution in [0, 0.1) is 0 Å². The normalized spacial score (nSPS) is 9.90. The number of carbonyl (C=O) groups is 2. The van der Waals surface area contributed by atoms with Crippen molar-refractivity contribution in [3.63, 3.8) is 0 Å². The second kappa shape index (κ2) is 7.98. The van der Waals surface area contributed by atoms with Crippen LogP contribution in [0.2, 0.25) is 0 Å². The molecule has 0 radical (unpaired) electrons. The number of hydrogen-bond acceptors (Lipinski definition) is 6. The van der Waals surface area contributed by atoms with Crippen LogP contribution in [0.4, 0.5) is 11.5 Å². The molecule has 1 amide bonds. The predicted octanol–water partition coefficient (Wildman–Crippen LogP) is 0.779. The molecule has 0 aliphatic rings. The van der Waals surface area contributed by atoms with Crippen LogP contribution < -0.4 is 16.4 Å². The summed E-state index contributed by atoms with van der Waals surface area (Å²) in [6, 6.07) is 1.47. The minimum atomic E-state index is -0.508. The number of nitrogens with zero attached hydrogens (tertiary/aromatic N) is 1. The summed E-state index contributed by atoms with van der Waals surface area (Å²) in [5.74, 6) is -0.247. The zero-order valence-electron chi connectivity index (χ0n) is 11.7. The van der Waals surface area contributed by atoms with Crippen LogP contribution in [-0.2, 0) is 9.53 Å². The average molecular weight is 280 g/mol. The zero-order chi connectivity index (χ0) is 15.0. The van der Waals surface area contributed by atoms with Crippen molar-refractivity contribution in [2.24, 2.45) is 0 Å². The molecule has 7 heteroatoms. The van der Waals surface area contributed by atoms with Crippen molar-refractivity contribution in [2.75, 3.05) is 30.7 Å².